The van der Waals surface area contributed by atoms with E-state index in [1.54, 1.807) is 0 Å². The van der Waals surface area contributed by atoms with Crippen LogP contribution < -0.4 is 37.2 Å². The molecule has 11 heteroatoms. The highest BCUT2D eigenvalue weighted by Gasteiger charge is 2.28. The molecule has 11 nitrogen and oxygen atoms in total. The van der Waals surface area contributed by atoms with Gasteiger partial charge in [-0.25, -0.2) is 4.79 Å². The van der Waals surface area contributed by atoms with Gasteiger partial charge in [0, 0.05) is 68.7 Å². The van der Waals surface area contributed by atoms with Crippen LogP contribution in [0.5, 0.6) is 0 Å². The van der Waals surface area contributed by atoms with Crippen molar-refractivity contribution in [2.24, 2.45) is 41.4 Å². The van der Waals surface area contributed by atoms with Gasteiger partial charge in [-0.15, -0.1) is 0 Å². The van der Waals surface area contributed by atoms with E-state index in [1.807, 2.05) is 6.08 Å². The summed E-state index contributed by atoms with van der Waals surface area (Å²) >= 11 is 0. The maximum Gasteiger partial charge on any atom is 0.316 e. The van der Waals surface area contributed by atoms with Crippen LogP contribution in [-0.2, 0) is 9.59 Å². The predicted octanol–water partition coefficient (Wildman–Crippen LogP) is 10.6. The van der Waals surface area contributed by atoms with Gasteiger partial charge in [0.25, 0.3) is 0 Å². The summed E-state index contributed by atoms with van der Waals surface area (Å²) in [5.41, 5.74) is 10.7. The number of amides is 4. The Morgan fingerprint density at radius 3 is 1.60 bits per heavy atom. The first-order valence-corrected chi connectivity index (χ1v) is 24.9. The molecule has 5 heterocycles. The zero-order valence-electron chi connectivity index (χ0n) is 44.5. The molecule has 0 aromatic carbocycles. The largest absolute Gasteiger partial charge is 0.388 e. The second-order valence-corrected chi connectivity index (χ2v) is 20.4. The Bertz CT molecular complexity index is 1700. The fourth-order valence-electron chi connectivity index (χ4n) is 8.03. The molecule has 5 aliphatic heterocycles. The number of carbonyl (C=O) groups excluding carboxylic acids is 3. The molecule has 1 atom stereocenters. The summed E-state index contributed by atoms with van der Waals surface area (Å²) in [6, 6.07) is 0.412. The van der Waals surface area contributed by atoms with Crippen LogP contribution in [0.2, 0.25) is 0 Å². The molecule has 1 unspecified atom stereocenters. The number of hydrogen-bond donors (Lipinski definition) is 7. The number of urea groups is 1. The summed E-state index contributed by atoms with van der Waals surface area (Å²) in [5, 5.41) is 21.7. The Hall–Kier alpha value is -4.25. The van der Waals surface area contributed by atoms with Crippen LogP contribution in [0.4, 0.5) is 4.79 Å². The number of nitrogens with one attached hydrogen (secondary N) is 7. The van der Waals surface area contributed by atoms with Gasteiger partial charge in [0.1, 0.15) is 0 Å². The zero-order valence-corrected chi connectivity index (χ0v) is 44.5. The van der Waals surface area contributed by atoms with Crippen molar-refractivity contribution in [3.8, 4) is 0 Å². The minimum atomic E-state index is -0.0492. The average Bonchev–Trinajstić information content (AvgIpc) is 3.80. The molecule has 1 fully saturated rings. The van der Waals surface area contributed by atoms with E-state index in [0.717, 1.165) is 63.5 Å². The lowest BCUT2D eigenvalue weighted by molar-refractivity contribution is -0.121. The number of nitrogens with zero attached hydrogens (tertiary/aromatic N) is 1. The Labute approximate surface area is 397 Å². The van der Waals surface area contributed by atoms with Gasteiger partial charge in [-0.05, 0) is 105 Å². The monoisotopic (exact) mass is 905 g/mol. The van der Waals surface area contributed by atoms with Crippen molar-refractivity contribution >= 4 is 17.8 Å². The minimum Gasteiger partial charge on any atom is -0.388 e. The molecule has 65 heavy (non-hydrogen) atoms. The predicted molar refractivity (Wildman–Crippen MR) is 276 cm³/mol. The molecule has 0 saturated carbocycles. The molecule has 4 amide bonds. The van der Waals surface area contributed by atoms with E-state index in [-0.39, 0.29) is 24.0 Å². The third-order valence-electron chi connectivity index (χ3n) is 12.0. The maximum atomic E-state index is 11.4. The quantitative estimate of drug-likeness (QED) is 0.120. The molecular weight excluding hydrogens is 809 g/mol. The highest BCUT2D eigenvalue weighted by atomic mass is 16.2. The van der Waals surface area contributed by atoms with Crippen molar-refractivity contribution in [1.29, 1.82) is 0 Å². The van der Waals surface area contributed by atoms with E-state index in [9.17, 15) is 14.4 Å². The third kappa shape index (κ3) is 21.7. The molecule has 7 N–H and O–H groups in total. The van der Waals surface area contributed by atoms with Crippen molar-refractivity contribution < 1.29 is 14.4 Å². The fraction of sp³-hybridized carbons (Fsp3) is 0.685. The Morgan fingerprint density at radius 2 is 1.11 bits per heavy atom. The van der Waals surface area contributed by atoms with Gasteiger partial charge in [0.2, 0.25) is 11.8 Å². The lowest BCUT2D eigenvalue weighted by Gasteiger charge is -2.35. The molecular formula is C54H96N8O3. The van der Waals surface area contributed by atoms with Crippen molar-refractivity contribution in [2.75, 3.05) is 32.7 Å². The summed E-state index contributed by atoms with van der Waals surface area (Å²) in [5.74, 6) is 4.68. The fourth-order valence-corrected chi connectivity index (χ4v) is 8.03. The standard InChI is InChI=1S/C12H21NO.C12H19NO.C12H21N.C10H21N3O.C8H14N2/c2*1-8(2)10-6-5-7-11(14)13-12(10)9(3)4;1-9(2)11-7-5-6-8-13-12(11)10(3)4;1-7(2)9-12-10(14)11-5-6-13(9)8(3)4;1-6-4-9-8(3)10-5-7(6)2/h8-9H,5-7H2,1-4H3,(H,13,14);5-6,8-9H,7H2,1-4H3,(H,13,14);5,7,9-10,13H,6,8H2,1-4H3;7-9H,5-6H2,1-4H3,(H2,11,12,14);9-10H,3-5H2,1-2H3. The van der Waals surface area contributed by atoms with Crippen LogP contribution in [-0.4, -0.2) is 67.7 Å². The van der Waals surface area contributed by atoms with Gasteiger partial charge < -0.3 is 37.2 Å². The van der Waals surface area contributed by atoms with Crippen molar-refractivity contribution in [3.63, 3.8) is 0 Å². The number of carbonyl (C=O) groups is 3. The van der Waals surface area contributed by atoms with E-state index >= 15 is 0 Å². The van der Waals surface area contributed by atoms with E-state index in [4.69, 9.17) is 0 Å². The topological polar surface area (TPSA) is 139 Å². The van der Waals surface area contributed by atoms with Crippen LogP contribution in [0, 0.1) is 41.4 Å². The molecule has 0 aromatic rings. The van der Waals surface area contributed by atoms with Gasteiger partial charge in [-0.2, -0.15) is 0 Å². The summed E-state index contributed by atoms with van der Waals surface area (Å²) in [6.45, 7) is 47.5. The van der Waals surface area contributed by atoms with Crippen LogP contribution >= 0.6 is 0 Å². The van der Waals surface area contributed by atoms with Gasteiger partial charge in [0.05, 0.1) is 12.0 Å². The Morgan fingerprint density at radius 1 is 0.585 bits per heavy atom. The van der Waals surface area contributed by atoms with E-state index in [2.05, 4.69) is 192 Å². The summed E-state index contributed by atoms with van der Waals surface area (Å²) < 4.78 is 0. The first-order valence-electron chi connectivity index (χ1n) is 24.9. The van der Waals surface area contributed by atoms with E-state index < -0.39 is 0 Å². The maximum absolute atomic E-state index is 11.4. The third-order valence-corrected chi connectivity index (χ3v) is 12.0. The van der Waals surface area contributed by atoms with Crippen LogP contribution in [0.15, 0.2) is 81.7 Å². The van der Waals surface area contributed by atoms with Crippen LogP contribution in [0.3, 0.4) is 0 Å². The SMILES string of the molecule is C=C1NCC(C)=C(C)CN1.CC(C)C1=C(C(C)C)NC(=O)CC=C1.CC(C)C1=C(C(C)C)NC(=O)CCC1.CC(C)C1=C(C(C)C)NCCC=C1.CC(C)C1NC(=O)NCCN1C(C)C. The summed E-state index contributed by atoms with van der Waals surface area (Å²) in [4.78, 5) is 36.4. The Balaban J connectivity index is 0.000000408. The molecule has 5 rings (SSSR count). The second kappa shape index (κ2) is 30.1. The molecule has 370 valence electrons. The molecule has 0 aliphatic carbocycles. The number of rotatable bonds is 8. The number of hydrogen-bond acceptors (Lipinski definition) is 7. The number of allylic oxidation sites excluding steroid dienone is 8. The first-order chi connectivity index (χ1) is 30.4. The smallest absolute Gasteiger partial charge is 0.316 e. The zero-order chi connectivity index (χ0) is 49.6. The lowest BCUT2D eigenvalue weighted by atomic mass is 9.92. The van der Waals surface area contributed by atoms with Crippen molar-refractivity contribution in [2.45, 2.75) is 169 Å². The van der Waals surface area contributed by atoms with Gasteiger partial charge in [0.15, 0.2) is 0 Å². The Kier molecular flexibility index (Phi) is 27.2. The van der Waals surface area contributed by atoms with Crippen molar-refractivity contribution in [1.82, 2.24) is 42.1 Å². The van der Waals surface area contributed by atoms with Gasteiger partial charge >= 0.3 is 6.03 Å². The van der Waals surface area contributed by atoms with Gasteiger partial charge in [-0.3, -0.25) is 14.5 Å². The highest BCUT2D eigenvalue weighted by molar-refractivity contribution is 5.80. The molecule has 0 bridgehead atoms. The van der Waals surface area contributed by atoms with E-state index in [0.29, 0.717) is 60.3 Å². The minimum absolute atomic E-state index is 0.0492. The second-order valence-electron chi connectivity index (χ2n) is 20.4. The summed E-state index contributed by atoms with van der Waals surface area (Å²) in [7, 11) is 0. The molecule has 0 aromatic heterocycles. The molecule has 1 saturated heterocycles. The average molecular weight is 905 g/mol. The molecule has 5 aliphatic rings. The normalized spacial score (nSPS) is 19.8. The summed E-state index contributed by atoms with van der Waals surface area (Å²) in [6.07, 6.45) is 13.1. The molecule has 0 radical (unpaired) electrons. The first kappa shape index (κ1) is 58.8. The van der Waals surface area contributed by atoms with Crippen molar-refractivity contribution in [3.05, 3.63) is 81.7 Å². The highest BCUT2D eigenvalue weighted by Crippen LogP contribution is 2.27. The van der Waals surface area contributed by atoms with Gasteiger partial charge in [-0.1, -0.05) is 139 Å². The lowest BCUT2D eigenvalue weighted by Crippen LogP contribution is -2.52. The van der Waals surface area contributed by atoms with E-state index in [1.165, 1.54) is 39.3 Å². The van der Waals surface area contributed by atoms with Crippen LogP contribution in [0.25, 0.3) is 0 Å². The molecule has 0 spiro atoms. The van der Waals surface area contributed by atoms with Crippen LogP contribution in [0.1, 0.15) is 157 Å².